The zero-order valence-corrected chi connectivity index (χ0v) is 14.5. The van der Waals surface area contributed by atoms with Crippen LogP contribution in [-0.2, 0) is 17.6 Å². The summed E-state index contributed by atoms with van der Waals surface area (Å²) in [6.45, 7) is 1.67. The summed E-state index contributed by atoms with van der Waals surface area (Å²) in [4.78, 5) is 18.6. The number of nitrogens with one attached hydrogen (secondary N) is 2. The average molecular weight is 340 g/mol. The van der Waals surface area contributed by atoms with Crippen molar-refractivity contribution in [2.24, 2.45) is 4.99 Å². The average Bonchev–Trinajstić information content (AvgIpc) is 3.17. The Labute approximate surface area is 147 Å². The van der Waals surface area contributed by atoms with Crippen LogP contribution in [0.15, 0.2) is 52.1 Å². The van der Waals surface area contributed by atoms with E-state index in [0.29, 0.717) is 12.5 Å². The monoisotopic (exact) mass is 340 g/mol. The van der Waals surface area contributed by atoms with Gasteiger partial charge in [-0.15, -0.1) is 0 Å². The fourth-order valence-electron chi connectivity index (χ4n) is 3.03. The van der Waals surface area contributed by atoms with Gasteiger partial charge in [-0.1, -0.05) is 18.2 Å². The molecule has 6 nitrogen and oxygen atoms in total. The molecule has 0 spiro atoms. The second kappa shape index (κ2) is 8.37. The summed E-state index contributed by atoms with van der Waals surface area (Å²) in [5, 5.41) is 6.29. The van der Waals surface area contributed by atoms with E-state index in [9.17, 15) is 4.79 Å². The molecule has 3 rings (SSSR count). The Morgan fingerprint density at radius 2 is 2.12 bits per heavy atom. The normalized spacial score (nSPS) is 14.1. The highest BCUT2D eigenvalue weighted by molar-refractivity contribution is 5.98. The van der Waals surface area contributed by atoms with Gasteiger partial charge >= 0.3 is 0 Å². The zero-order valence-electron chi connectivity index (χ0n) is 14.5. The molecule has 0 saturated heterocycles. The summed E-state index contributed by atoms with van der Waals surface area (Å²) >= 11 is 0. The van der Waals surface area contributed by atoms with Gasteiger partial charge in [0, 0.05) is 32.2 Å². The quantitative estimate of drug-likeness (QED) is 0.645. The molecule has 1 amide bonds. The summed E-state index contributed by atoms with van der Waals surface area (Å²) in [5.41, 5.74) is 2.27. The van der Waals surface area contributed by atoms with Crippen molar-refractivity contribution >= 4 is 17.6 Å². The summed E-state index contributed by atoms with van der Waals surface area (Å²) in [6, 6.07) is 11.9. The van der Waals surface area contributed by atoms with Crippen molar-refractivity contribution in [3.05, 3.63) is 54.0 Å². The summed E-state index contributed by atoms with van der Waals surface area (Å²) in [7, 11) is 1.70. The van der Waals surface area contributed by atoms with E-state index in [1.165, 1.54) is 5.56 Å². The van der Waals surface area contributed by atoms with E-state index in [1.807, 2.05) is 35.2 Å². The Kier molecular flexibility index (Phi) is 5.72. The number of nitrogens with zero attached hydrogens (tertiary/aromatic N) is 2. The lowest BCUT2D eigenvalue weighted by Gasteiger charge is -2.29. The van der Waals surface area contributed by atoms with Crippen molar-refractivity contribution in [1.29, 1.82) is 0 Å². The highest BCUT2D eigenvalue weighted by atomic mass is 16.3. The first-order chi connectivity index (χ1) is 12.3. The largest absolute Gasteiger partial charge is 0.469 e. The Morgan fingerprint density at radius 3 is 2.92 bits per heavy atom. The highest BCUT2D eigenvalue weighted by Crippen LogP contribution is 2.26. The summed E-state index contributed by atoms with van der Waals surface area (Å²) in [5.74, 6) is 1.59. The van der Waals surface area contributed by atoms with E-state index < -0.39 is 0 Å². The van der Waals surface area contributed by atoms with Gasteiger partial charge in [-0.3, -0.25) is 9.79 Å². The molecule has 132 valence electrons. The number of amides is 1. The molecule has 1 aromatic heterocycles. The molecule has 1 aliphatic heterocycles. The molecule has 0 aliphatic carbocycles. The fraction of sp³-hybridized carbons (Fsp3) is 0.368. The van der Waals surface area contributed by atoms with E-state index in [1.54, 1.807) is 13.3 Å². The topological polar surface area (TPSA) is 69.9 Å². The van der Waals surface area contributed by atoms with Crippen molar-refractivity contribution in [3.8, 4) is 0 Å². The minimum Gasteiger partial charge on any atom is -0.469 e. The van der Waals surface area contributed by atoms with Gasteiger partial charge in [0.1, 0.15) is 5.76 Å². The Balaban J connectivity index is 1.49. The molecule has 2 aromatic rings. The lowest BCUT2D eigenvalue weighted by Crippen LogP contribution is -2.46. The van der Waals surface area contributed by atoms with Crippen molar-refractivity contribution in [2.75, 3.05) is 31.6 Å². The first-order valence-corrected chi connectivity index (χ1v) is 8.63. The van der Waals surface area contributed by atoms with E-state index in [4.69, 9.17) is 4.42 Å². The number of aliphatic imine (C=N–C) groups is 1. The molecule has 0 radical (unpaired) electrons. The maximum absolute atomic E-state index is 12.6. The Hall–Kier alpha value is -2.76. The Bertz CT molecular complexity index is 725. The third-order valence-electron chi connectivity index (χ3n) is 4.29. The first-order valence-electron chi connectivity index (χ1n) is 8.63. The van der Waals surface area contributed by atoms with Gasteiger partial charge in [-0.2, -0.15) is 0 Å². The lowest BCUT2D eigenvalue weighted by atomic mass is 10.0. The predicted octanol–water partition coefficient (Wildman–Crippen LogP) is 1.97. The number of carbonyl (C=O) groups excluding carboxylic acids is 1. The van der Waals surface area contributed by atoms with Gasteiger partial charge in [-0.05, 0) is 36.6 Å². The van der Waals surface area contributed by atoms with Crippen molar-refractivity contribution < 1.29 is 9.21 Å². The molecule has 0 saturated carbocycles. The first kappa shape index (κ1) is 17.1. The molecule has 0 fully saturated rings. The number of fused-ring (bicyclic) bond motifs is 1. The van der Waals surface area contributed by atoms with Crippen molar-refractivity contribution in [2.45, 2.75) is 19.3 Å². The minimum absolute atomic E-state index is 0.0566. The number of benzene rings is 1. The number of rotatable bonds is 5. The minimum atomic E-state index is 0.0566. The van der Waals surface area contributed by atoms with E-state index in [-0.39, 0.29) is 12.5 Å². The predicted molar refractivity (Wildman–Crippen MR) is 98.9 cm³/mol. The molecule has 6 heteroatoms. The molecule has 0 unspecified atom stereocenters. The second-order valence-electron chi connectivity index (χ2n) is 5.96. The van der Waals surface area contributed by atoms with Crippen molar-refractivity contribution in [1.82, 2.24) is 10.6 Å². The number of carbonyl (C=O) groups is 1. The van der Waals surface area contributed by atoms with Gasteiger partial charge in [0.15, 0.2) is 5.96 Å². The molecule has 1 aromatic carbocycles. The number of para-hydroxylation sites is 1. The molecule has 0 bridgehead atoms. The van der Waals surface area contributed by atoms with Crippen LogP contribution in [0, 0.1) is 0 Å². The van der Waals surface area contributed by atoms with Gasteiger partial charge in [0.05, 0.1) is 12.8 Å². The second-order valence-corrected chi connectivity index (χ2v) is 5.96. The third kappa shape index (κ3) is 4.41. The van der Waals surface area contributed by atoms with E-state index in [2.05, 4.69) is 21.7 Å². The van der Waals surface area contributed by atoms with Gasteiger partial charge in [0.25, 0.3) is 0 Å². The van der Waals surface area contributed by atoms with E-state index in [0.717, 1.165) is 37.3 Å². The molecule has 2 heterocycles. The molecule has 1 aliphatic rings. The van der Waals surface area contributed by atoms with E-state index >= 15 is 0 Å². The van der Waals surface area contributed by atoms with Crippen LogP contribution in [0.4, 0.5) is 5.69 Å². The molecule has 0 atom stereocenters. The van der Waals surface area contributed by atoms with Gasteiger partial charge in [0.2, 0.25) is 5.91 Å². The van der Waals surface area contributed by atoms with Crippen LogP contribution < -0.4 is 15.5 Å². The van der Waals surface area contributed by atoms with Crippen LogP contribution in [0.2, 0.25) is 0 Å². The van der Waals surface area contributed by atoms with Crippen LogP contribution in [-0.4, -0.2) is 38.5 Å². The van der Waals surface area contributed by atoms with Gasteiger partial charge < -0.3 is 20.0 Å². The number of guanidine groups is 1. The SMILES string of the molecule is CN=C(NCCc1ccco1)NCC(=O)N1CCCc2ccccc21. The number of hydrogen-bond donors (Lipinski definition) is 2. The number of furan rings is 1. The summed E-state index contributed by atoms with van der Waals surface area (Å²) in [6.07, 6.45) is 4.46. The fourth-order valence-corrected chi connectivity index (χ4v) is 3.03. The maximum Gasteiger partial charge on any atom is 0.246 e. The maximum atomic E-state index is 12.6. The van der Waals surface area contributed by atoms with Crippen molar-refractivity contribution in [3.63, 3.8) is 0 Å². The van der Waals surface area contributed by atoms with Crippen LogP contribution in [0.1, 0.15) is 17.7 Å². The number of aryl methyl sites for hydroxylation is 1. The number of anilines is 1. The molecular weight excluding hydrogens is 316 g/mol. The molecule has 25 heavy (non-hydrogen) atoms. The zero-order chi connectivity index (χ0) is 17.5. The number of hydrogen-bond acceptors (Lipinski definition) is 3. The third-order valence-corrected chi connectivity index (χ3v) is 4.29. The Morgan fingerprint density at radius 1 is 1.24 bits per heavy atom. The van der Waals surface area contributed by atoms with Crippen LogP contribution in [0.3, 0.4) is 0 Å². The van der Waals surface area contributed by atoms with Gasteiger partial charge in [-0.25, -0.2) is 0 Å². The molecular formula is C19H24N4O2. The van der Waals surface area contributed by atoms with Crippen LogP contribution in [0.5, 0.6) is 0 Å². The lowest BCUT2D eigenvalue weighted by molar-refractivity contribution is -0.117. The highest BCUT2D eigenvalue weighted by Gasteiger charge is 2.21. The standard InChI is InChI=1S/C19H24N4O2/c1-20-19(21-11-10-16-8-5-13-25-16)22-14-18(24)23-12-4-7-15-6-2-3-9-17(15)23/h2-3,5-6,8-9,13H,4,7,10-12,14H2,1H3,(H2,20,21,22). The van der Waals surface area contributed by atoms with Crippen LogP contribution in [0.25, 0.3) is 0 Å². The van der Waals surface area contributed by atoms with Crippen LogP contribution >= 0.6 is 0 Å². The summed E-state index contributed by atoms with van der Waals surface area (Å²) < 4.78 is 5.30. The smallest absolute Gasteiger partial charge is 0.246 e. The molecule has 2 N–H and O–H groups in total.